The lowest BCUT2D eigenvalue weighted by Crippen LogP contribution is -2.30. The summed E-state index contributed by atoms with van der Waals surface area (Å²) in [5, 5.41) is 4.72. The molecule has 0 fully saturated rings. The molecule has 0 spiro atoms. The second-order valence-corrected chi connectivity index (χ2v) is 5.49. The quantitative estimate of drug-likeness (QED) is 0.654. The van der Waals surface area contributed by atoms with Crippen molar-refractivity contribution >= 4 is 34.8 Å². The molecular formula is C14H13ClN2O3S. The highest BCUT2D eigenvalue weighted by atomic mass is 35.5. The van der Waals surface area contributed by atoms with Crippen LogP contribution in [0.5, 0.6) is 0 Å². The fourth-order valence-electron chi connectivity index (χ4n) is 1.58. The maximum absolute atomic E-state index is 11.7. The van der Waals surface area contributed by atoms with Crippen molar-refractivity contribution in [3.63, 3.8) is 0 Å². The summed E-state index contributed by atoms with van der Waals surface area (Å²) in [6.45, 7) is 0.166. The van der Waals surface area contributed by atoms with Gasteiger partial charge in [-0.05, 0) is 30.0 Å². The molecule has 2 heterocycles. The van der Waals surface area contributed by atoms with E-state index in [1.54, 1.807) is 17.4 Å². The van der Waals surface area contributed by atoms with Crippen LogP contribution in [0.3, 0.4) is 0 Å². The highest BCUT2D eigenvalue weighted by molar-refractivity contribution is 7.09. The van der Waals surface area contributed by atoms with Gasteiger partial charge in [0.25, 0.3) is 5.91 Å². The zero-order valence-electron chi connectivity index (χ0n) is 11.0. The van der Waals surface area contributed by atoms with Gasteiger partial charge in [0.05, 0.1) is 5.56 Å². The van der Waals surface area contributed by atoms with Gasteiger partial charge in [0.2, 0.25) is 0 Å². The molecule has 5 nitrogen and oxygen atoms in total. The van der Waals surface area contributed by atoms with Crippen LogP contribution in [0.4, 0.5) is 0 Å². The van der Waals surface area contributed by atoms with Gasteiger partial charge in [0.1, 0.15) is 5.15 Å². The van der Waals surface area contributed by atoms with Gasteiger partial charge < -0.3 is 10.1 Å². The molecule has 0 atom stereocenters. The smallest absolute Gasteiger partial charge is 0.341 e. The summed E-state index contributed by atoms with van der Waals surface area (Å²) < 4.78 is 4.89. The number of ether oxygens (including phenoxy) is 1. The minimum absolute atomic E-state index is 0.0561. The van der Waals surface area contributed by atoms with E-state index in [4.69, 9.17) is 16.3 Å². The van der Waals surface area contributed by atoms with Gasteiger partial charge in [-0.25, -0.2) is 9.78 Å². The van der Waals surface area contributed by atoms with Crippen LogP contribution in [-0.4, -0.2) is 30.0 Å². The van der Waals surface area contributed by atoms with Crippen molar-refractivity contribution in [2.75, 3.05) is 13.2 Å². The van der Waals surface area contributed by atoms with Gasteiger partial charge in [-0.15, -0.1) is 11.3 Å². The molecule has 7 heteroatoms. The average Bonchev–Trinajstić information content (AvgIpc) is 2.98. The summed E-state index contributed by atoms with van der Waals surface area (Å²) in [6.07, 6.45) is 2.22. The summed E-state index contributed by atoms with van der Waals surface area (Å²) in [6, 6.07) is 7.03. The molecule has 0 aliphatic heterocycles. The van der Waals surface area contributed by atoms with E-state index in [0.29, 0.717) is 6.54 Å². The maximum Gasteiger partial charge on any atom is 0.341 e. The first kappa shape index (κ1) is 15.5. The SMILES string of the molecule is O=C(COC(=O)c1cccnc1Cl)NCCc1cccs1. The number of nitrogens with zero attached hydrogens (tertiary/aromatic N) is 1. The van der Waals surface area contributed by atoms with Crippen LogP contribution in [0, 0.1) is 0 Å². The van der Waals surface area contributed by atoms with Gasteiger partial charge in [-0.3, -0.25) is 4.79 Å². The summed E-state index contributed by atoms with van der Waals surface area (Å²) in [5.74, 6) is -1.01. The predicted molar refractivity (Wildman–Crippen MR) is 80.6 cm³/mol. The lowest BCUT2D eigenvalue weighted by atomic mass is 10.3. The van der Waals surface area contributed by atoms with Crippen LogP contribution >= 0.6 is 22.9 Å². The fraction of sp³-hybridized carbons (Fsp3) is 0.214. The minimum Gasteiger partial charge on any atom is -0.452 e. The van der Waals surface area contributed by atoms with E-state index >= 15 is 0 Å². The Kier molecular flexibility index (Phi) is 5.71. The van der Waals surface area contributed by atoms with Crippen molar-refractivity contribution in [2.24, 2.45) is 0 Å². The summed E-state index contributed by atoms with van der Waals surface area (Å²) >= 11 is 7.40. The van der Waals surface area contributed by atoms with Gasteiger partial charge in [0, 0.05) is 17.6 Å². The Labute approximate surface area is 130 Å². The Hall–Kier alpha value is -1.92. The molecule has 0 saturated heterocycles. The molecule has 0 radical (unpaired) electrons. The van der Waals surface area contributed by atoms with Gasteiger partial charge in [-0.1, -0.05) is 17.7 Å². The molecule has 0 bridgehead atoms. The lowest BCUT2D eigenvalue weighted by Gasteiger charge is -2.06. The highest BCUT2D eigenvalue weighted by Crippen LogP contribution is 2.12. The topological polar surface area (TPSA) is 68.3 Å². The lowest BCUT2D eigenvalue weighted by molar-refractivity contribution is -0.124. The standard InChI is InChI=1S/C14H13ClN2O3S/c15-13-11(4-1-6-17-13)14(19)20-9-12(18)16-7-5-10-3-2-8-21-10/h1-4,6,8H,5,7,9H2,(H,16,18). The Balaban J connectivity index is 1.71. The first-order valence-electron chi connectivity index (χ1n) is 6.23. The van der Waals surface area contributed by atoms with E-state index in [2.05, 4.69) is 10.3 Å². The zero-order chi connectivity index (χ0) is 15.1. The number of esters is 1. The van der Waals surface area contributed by atoms with Crippen molar-refractivity contribution in [3.8, 4) is 0 Å². The van der Waals surface area contributed by atoms with Crippen LogP contribution in [0.25, 0.3) is 0 Å². The van der Waals surface area contributed by atoms with Crippen molar-refractivity contribution in [3.05, 3.63) is 51.4 Å². The molecule has 2 aromatic rings. The molecule has 1 N–H and O–H groups in total. The Bertz CT molecular complexity index is 616. The first-order chi connectivity index (χ1) is 10.2. The molecule has 2 rings (SSSR count). The van der Waals surface area contributed by atoms with Crippen molar-refractivity contribution in [1.82, 2.24) is 10.3 Å². The van der Waals surface area contributed by atoms with Crippen LogP contribution in [-0.2, 0) is 16.0 Å². The molecule has 0 aliphatic rings. The summed E-state index contributed by atoms with van der Waals surface area (Å²) in [5.41, 5.74) is 0.144. The third-order valence-electron chi connectivity index (χ3n) is 2.59. The van der Waals surface area contributed by atoms with Crippen LogP contribution in [0.2, 0.25) is 5.15 Å². The monoisotopic (exact) mass is 324 g/mol. The molecule has 0 aromatic carbocycles. The number of carbonyl (C=O) groups excluding carboxylic acids is 2. The van der Waals surface area contributed by atoms with Gasteiger partial charge in [-0.2, -0.15) is 0 Å². The summed E-state index contributed by atoms with van der Waals surface area (Å²) in [7, 11) is 0. The molecule has 0 unspecified atom stereocenters. The molecular weight excluding hydrogens is 312 g/mol. The zero-order valence-corrected chi connectivity index (χ0v) is 12.6. The molecule has 0 aliphatic carbocycles. The van der Waals surface area contributed by atoms with E-state index in [9.17, 15) is 9.59 Å². The Morgan fingerprint density at radius 3 is 2.90 bits per heavy atom. The predicted octanol–water partition coefficient (Wildman–Crippen LogP) is 2.31. The fourth-order valence-corrected chi connectivity index (χ4v) is 2.48. The number of amides is 1. The third-order valence-corrected chi connectivity index (χ3v) is 3.82. The van der Waals surface area contributed by atoms with Crippen molar-refractivity contribution in [2.45, 2.75) is 6.42 Å². The third kappa shape index (κ3) is 4.84. The number of nitrogens with one attached hydrogen (secondary N) is 1. The maximum atomic E-state index is 11.7. The number of hydrogen-bond acceptors (Lipinski definition) is 5. The van der Waals surface area contributed by atoms with Crippen LogP contribution < -0.4 is 5.32 Å². The van der Waals surface area contributed by atoms with E-state index in [-0.39, 0.29) is 23.2 Å². The first-order valence-corrected chi connectivity index (χ1v) is 7.49. The van der Waals surface area contributed by atoms with E-state index in [1.165, 1.54) is 17.1 Å². The molecule has 1 amide bonds. The van der Waals surface area contributed by atoms with Crippen LogP contribution in [0.1, 0.15) is 15.2 Å². The van der Waals surface area contributed by atoms with Crippen LogP contribution in [0.15, 0.2) is 35.8 Å². The van der Waals surface area contributed by atoms with E-state index < -0.39 is 5.97 Å². The second kappa shape index (κ2) is 7.75. The number of halogens is 1. The second-order valence-electron chi connectivity index (χ2n) is 4.10. The number of carbonyl (C=O) groups is 2. The molecule has 110 valence electrons. The van der Waals surface area contributed by atoms with Gasteiger partial charge in [0.15, 0.2) is 6.61 Å². The average molecular weight is 325 g/mol. The summed E-state index contributed by atoms with van der Waals surface area (Å²) in [4.78, 5) is 28.2. The number of aromatic nitrogens is 1. The number of hydrogen-bond donors (Lipinski definition) is 1. The number of rotatable bonds is 6. The molecule has 21 heavy (non-hydrogen) atoms. The van der Waals surface area contributed by atoms with Gasteiger partial charge >= 0.3 is 5.97 Å². The largest absolute Gasteiger partial charge is 0.452 e. The molecule has 2 aromatic heterocycles. The van der Waals surface area contributed by atoms with Crippen molar-refractivity contribution < 1.29 is 14.3 Å². The Morgan fingerprint density at radius 2 is 2.19 bits per heavy atom. The van der Waals surface area contributed by atoms with E-state index in [0.717, 1.165) is 6.42 Å². The molecule has 0 saturated carbocycles. The van der Waals surface area contributed by atoms with E-state index in [1.807, 2.05) is 17.5 Å². The normalized spacial score (nSPS) is 10.1. The minimum atomic E-state index is -0.665. The highest BCUT2D eigenvalue weighted by Gasteiger charge is 2.13. The number of pyridine rings is 1. The Morgan fingerprint density at radius 1 is 1.33 bits per heavy atom. The number of thiophene rings is 1. The van der Waals surface area contributed by atoms with Crippen molar-refractivity contribution in [1.29, 1.82) is 0 Å².